The number of amides is 2. The van der Waals surface area contributed by atoms with Gasteiger partial charge in [-0.2, -0.15) is 0 Å². The number of nitrogens with one attached hydrogen (secondary N) is 2. The molecular weight excluding hydrogens is 461 g/mol. The Balaban J connectivity index is 1.35. The average Bonchev–Trinajstić information content (AvgIpc) is 3.65. The summed E-state index contributed by atoms with van der Waals surface area (Å²) in [6, 6.07) is 7.44. The number of Topliss-reactive ketones (excluding diaryl/α,β-unsaturated/α-hetero) is 1. The summed E-state index contributed by atoms with van der Waals surface area (Å²) < 4.78 is 47.1. The van der Waals surface area contributed by atoms with Crippen LogP contribution in [0.15, 0.2) is 55.0 Å². The van der Waals surface area contributed by atoms with Crippen LogP contribution in [-0.2, 0) is 17.1 Å². The van der Waals surface area contributed by atoms with E-state index in [9.17, 15) is 22.8 Å². The molecule has 0 unspecified atom stereocenters. The molecule has 2 N–H and O–H groups in total. The van der Waals surface area contributed by atoms with E-state index in [4.69, 9.17) is 4.74 Å². The fraction of sp³-hybridized carbons (Fsp3) is 0.280. The molecule has 7 nitrogen and oxygen atoms in total. The minimum atomic E-state index is -3.11. The normalized spacial score (nSPS) is 13.3. The molecule has 0 atom stereocenters. The smallest absolute Gasteiger partial charge is 0.323 e. The van der Waals surface area contributed by atoms with E-state index in [2.05, 4.69) is 20.6 Å². The van der Waals surface area contributed by atoms with Crippen LogP contribution in [0, 0.1) is 11.7 Å². The van der Waals surface area contributed by atoms with Gasteiger partial charge in [-0.1, -0.05) is 0 Å². The fourth-order valence-corrected chi connectivity index (χ4v) is 3.35. The van der Waals surface area contributed by atoms with Gasteiger partial charge >= 0.3 is 6.03 Å². The molecule has 0 aliphatic heterocycles. The van der Waals surface area contributed by atoms with Crippen LogP contribution in [0.2, 0.25) is 0 Å². The highest BCUT2D eigenvalue weighted by atomic mass is 19.3. The Hall–Kier alpha value is -3.95. The Labute approximate surface area is 199 Å². The number of rotatable bonds is 9. The van der Waals surface area contributed by atoms with E-state index >= 15 is 0 Å². The van der Waals surface area contributed by atoms with Gasteiger partial charge in [0.15, 0.2) is 11.6 Å². The minimum absolute atomic E-state index is 0.0641. The van der Waals surface area contributed by atoms with Gasteiger partial charge in [0, 0.05) is 60.7 Å². The number of urea groups is 1. The van der Waals surface area contributed by atoms with Gasteiger partial charge in [0.2, 0.25) is 0 Å². The first kappa shape index (κ1) is 24.2. The lowest BCUT2D eigenvalue weighted by molar-refractivity contribution is -0.120. The highest BCUT2D eigenvalue weighted by Crippen LogP contribution is 2.32. The third kappa shape index (κ3) is 6.78. The van der Waals surface area contributed by atoms with Crippen molar-refractivity contribution < 1.29 is 27.5 Å². The van der Waals surface area contributed by atoms with Crippen LogP contribution in [0.5, 0.6) is 11.5 Å². The van der Waals surface area contributed by atoms with Crippen molar-refractivity contribution in [3.05, 3.63) is 72.1 Å². The van der Waals surface area contributed by atoms with Crippen molar-refractivity contribution in [3.63, 3.8) is 0 Å². The summed E-state index contributed by atoms with van der Waals surface area (Å²) in [7, 11) is 0. The van der Waals surface area contributed by atoms with Crippen LogP contribution < -0.4 is 15.4 Å². The van der Waals surface area contributed by atoms with Crippen molar-refractivity contribution >= 4 is 23.2 Å². The fourth-order valence-electron chi connectivity index (χ4n) is 3.35. The van der Waals surface area contributed by atoms with Crippen molar-refractivity contribution in [2.24, 2.45) is 5.92 Å². The number of pyridine rings is 2. The molecule has 2 heterocycles. The quantitative estimate of drug-likeness (QED) is 0.384. The Morgan fingerprint density at radius 3 is 2.57 bits per heavy atom. The largest absolute Gasteiger partial charge is 0.454 e. The maximum atomic E-state index is 14.6. The molecule has 10 heteroatoms. The van der Waals surface area contributed by atoms with E-state index in [-0.39, 0.29) is 34.4 Å². The van der Waals surface area contributed by atoms with Gasteiger partial charge in [0.05, 0.1) is 11.9 Å². The second kappa shape index (κ2) is 10.1. The van der Waals surface area contributed by atoms with Gasteiger partial charge in [-0.05, 0) is 43.5 Å². The Morgan fingerprint density at radius 1 is 1.09 bits per heavy atom. The first-order valence-corrected chi connectivity index (χ1v) is 11.0. The second-order valence-electron chi connectivity index (χ2n) is 8.40. The van der Waals surface area contributed by atoms with Gasteiger partial charge in [-0.15, -0.1) is 0 Å². The number of aryl methyl sites for hydroxylation is 1. The number of benzene rings is 1. The number of alkyl halides is 2. The standard InChI is InChI=1S/C25H23F3N4O3/c1-25(27,28)16-10-19(14-29-13-16)32-24(34)31-18-5-7-23(21(26)12-18)35-20-8-9-30-17(11-20)4-6-22(33)15-2-3-15/h5,7-15H,2-4,6H2,1H3,(H2,31,32,34). The molecule has 1 aromatic carbocycles. The first-order chi connectivity index (χ1) is 16.7. The predicted octanol–water partition coefficient (Wildman–Crippen LogP) is 6.08. The van der Waals surface area contributed by atoms with E-state index in [1.54, 1.807) is 12.1 Å². The topological polar surface area (TPSA) is 93.2 Å². The zero-order chi connectivity index (χ0) is 25.0. The van der Waals surface area contributed by atoms with Crippen molar-refractivity contribution in [2.75, 3.05) is 10.6 Å². The monoisotopic (exact) mass is 484 g/mol. The molecular formula is C25H23F3N4O3. The van der Waals surface area contributed by atoms with Crippen molar-refractivity contribution in [3.8, 4) is 11.5 Å². The molecule has 1 saturated carbocycles. The van der Waals surface area contributed by atoms with Crippen LogP contribution >= 0.6 is 0 Å². The number of anilines is 2. The zero-order valence-electron chi connectivity index (χ0n) is 18.9. The summed E-state index contributed by atoms with van der Waals surface area (Å²) in [5, 5.41) is 4.81. The van der Waals surface area contributed by atoms with Gasteiger partial charge in [-0.25, -0.2) is 18.0 Å². The first-order valence-electron chi connectivity index (χ1n) is 11.0. The number of nitrogens with zero attached hydrogens (tertiary/aromatic N) is 2. The molecule has 1 fully saturated rings. The van der Waals surface area contributed by atoms with Crippen LogP contribution in [0.3, 0.4) is 0 Å². The van der Waals surface area contributed by atoms with Gasteiger partial charge < -0.3 is 15.4 Å². The summed E-state index contributed by atoms with van der Waals surface area (Å²) in [5.74, 6) is -3.09. The molecule has 2 amide bonds. The lowest BCUT2D eigenvalue weighted by atomic mass is 10.1. The van der Waals surface area contributed by atoms with Crippen molar-refractivity contribution in [1.82, 2.24) is 9.97 Å². The number of hydrogen-bond donors (Lipinski definition) is 2. The minimum Gasteiger partial charge on any atom is -0.454 e. The summed E-state index contributed by atoms with van der Waals surface area (Å²) in [6.45, 7) is 0.725. The van der Waals surface area contributed by atoms with Crippen LogP contribution in [-0.4, -0.2) is 21.8 Å². The van der Waals surface area contributed by atoms with E-state index in [1.165, 1.54) is 24.5 Å². The van der Waals surface area contributed by atoms with E-state index in [0.717, 1.165) is 38.1 Å². The van der Waals surface area contributed by atoms with Gasteiger partial charge in [0.1, 0.15) is 11.5 Å². The summed E-state index contributed by atoms with van der Waals surface area (Å²) in [6.07, 6.45) is 6.59. The predicted molar refractivity (Wildman–Crippen MR) is 123 cm³/mol. The van der Waals surface area contributed by atoms with E-state index in [1.807, 2.05) is 0 Å². The summed E-state index contributed by atoms with van der Waals surface area (Å²) >= 11 is 0. The number of ketones is 1. The summed E-state index contributed by atoms with van der Waals surface area (Å²) in [5.41, 5.74) is 0.517. The third-order valence-corrected chi connectivity index (χ3v) is 5.37. The Morgan fingerprint density at radius 2 is 1.86 bits per heavy atom. The third-order valence-electron chi connectivity index (χ3n) is 5.37. The van der Waals surface area contributed by atoms with E-state index in [0.29, 0.717) is 24.3 Å². The molecule has 0 radical (unpaired) electrons. The Bertz CT molecular complexity index is 1240. The van der Waals surface area contributed by atoms with Crippen molar-refractivity contribution in [2.45, 2.75) is 38.5 Å². The molecule has 0 spiro atoms. The maximum absolute atomic E-state index is 14.6. The number of aromatic nitrogens is 2. The molecule has 35 heavy (non-hydrogen) atoms. The average molecular weight is 484 g/mol. The molecule has 1 aliphatic rings. The lowest BCUT2D eigenvalue weighted by Crippen LogP contribution is -2.20. The van der Waals surface area contributed by atoms with Crippen LogP contribution in [0.4, 0.5) is 29.3 Å². The zero-order valence-corrected chi connectivity index (χ0v) is 18.9. The number of hydrogen-bond acceptors (Lipinski definition) is 5. The molecule has 0 saturated heterocycles. The molecule has 3 aromatic rings. The lowest BCUT2D eigenvalue weighted by Gasteiger charge is -2.13. The molecule has 4 rings (SSSR count). The SMILES string of the molecule is CC(F)(F)c1cncc(NC(=O)Nc2ccc(Oc3ccnc(CCC(=O)C4CC4)c3)c(F)c2)c1. The molecule has 2 aromatic heterocycles. The van der Waals surface area contributed by atoms with Crippen LogP contribution in [0.1, 0.15) is 37.4 Å². The Kier molecular flexibility index (Phi) is 6.99. The number of ether oxygens (including phenoxy) is 1. The molecule has 1 aliphatic carbocycles. The number of carbonyl (C=O) groups is 2. The molecule has 0 bridgehead atoms. The van der Waals surface area contributed by atoms with Crippen LogP contribution in [0.25, 0.3) is 0 Å². The van der Waals surface area contributed by atoms with Gasteiger partial charge in [-0.3, -0.25) is 14.8 Å². The highest BCUT2D eigenvalue weighted by Gasteiger charge is 2.28. The summed E-state index contributed by atoms with van der Waals surface area (Å²) in [4.78, 5) is 32.0. The van der Waals surface area contributed by atoms with Gasteiger partial charge in [0.25, 0.3) is 5.92 Å². The van der Waals surface area contributed by atoms with Crippen molar-refractivity contribution in [1.29, 1.82) is 0 Å². The second-order valence-corrected chi connectivity index (χ2v) is 8.40. The number of halogens is 3. The number of carbonyl (C=O) groups excluding carboxylic acids is 2. The maximum Gasteiger partial charge on any atom is 0.323 e. The van der Waals surface area contributed by atoms with E-state index < -0.39 is 17.8 Å². The highest BCUT2D eigenvalue weighted by molar-refractivity contribution is 5.99. The molecule has 182 valence electrons.